The highest BCUT2D eigenvalue weighted by Gasteiger charge is 2.25. The third kappa shape index (κ3) is 3.09. The number of nitrogens with zero attached hydrogens (tertiary/aromatic N) is 3. The largest absolute Gasteiger partial charge is 0.478 e. The minimum absolute atomic E-state index is 0.146. The third-order valence-corrected chi connectivity index (χ3v) is 5.36. The van der Waals surface area contributed by atoms with Crippen LogP contribution in [0.5, 0.6) is 0 Å². The molecule has 0 saturated carbocycles. The topological polar surface area (TPSA) is 91.3 Å². The molecule has 1 unspecified atom stereocenters. The number of aromatic nitrogens is 3. The van der Waals surface area contributed by atoms with Crippen molar-refractivity contribution in [3.8, 4) is 11.3 Å². The number of carboxylic acids is 1. The highest BCUT2D eigenvalue weighted by atomic mass is 16.5. The molecule has 2 aromatic carbocycles. The number of benzene rings is 2. The molecule has 1 aliphatic heterocycles. The number of aromatic carboxylic acids is 1. The summed E-state index contributed by atoms with van der Waals surface area (Å²) in [6, 6.07) is 13.2. The minimum Gasteiger partial charge on any atom is -0.478 e. The van der Waals surface area contributed by atoms with Crippen LogP contribution in [0.1, 0.15) is 17.3 Å². The Kier molecular flexibility index (Phi) is 4.17. The third-order valence-electron chi connectivity index (χ3n) is 5.36. The van der Waals surface area contributed by atoms with E-state index >= 15 is 0 Å². The van der Waals surface area contributed by atoms with E-state index in [9.17, 15) is 9.90 Å². The van der Waals surface area contributed by atoms with E-state index in [0.29, 0.717) is 30.8 Å². The highest BCUT2D eigenvalue weighted by molar-refractivity contribution is 5.94. The Morgan fingerprint density at radius 1 is 1.17 bits per heavy atom. The van der Waals surface area contributed by atoms with Gasteiger partial charge in [0, 0.05) is 29.2 Å². The fourth-order valence-corrected chi connectivity index (χ4v) is 3.81. The fourth-order valence-electron chi connectivity index (χ4n) is 3.81. The van der Waals surface area contributed by atoms with E-state index in [2.05, 4.69) is 22.9 Å². The first kappa shape index (κ1) is 17.6. The van der Waals surface area contributed by atoms with Crippen LogP contribution in [0.2, 0.25) is 0 Å². The first-order chi connectivity index (χ1) is 14.1. The average molecular weight is 388 g/mol. The maximum Gasteiger partial charge on any atom is 0.335 e. The van der Waals surface area contributed by atoms with Gasteiger partial charge in [0.1, 0.15) is 5.69 Å². The van der Waals surface area contributed by atoms with E-state index in [1.54, 1.807) is 18.2 Å². The highest BCUT2D eigenvalue weighted by Crippen LogP contribution is 2.33. The van der Waals surface area contributed by atoms with E-state index < -0.39 is 5.97 Å². The Bertz CT molecular complexity index is 1230. The Morgan fingerprint density at radius 3 is 2.90 bits per heavy atom. The molecule has 1 saturated heterocycles. The predicted octanol–water partition coefficient (Wildman–Crippen LogP) is 3.70. The van der Waals surface area contributed by atoms with Gasteiger partial charge in [0.05, 0.1) is 35.9 Å². The van der Waals surface area contributed by atoms with Crippen LogP contribution < -0.4 is 4.90 Å². The van der Waals surface area contributed by atoms with Gasteiger partial charge in [-0.15, -0.1) is 0 Å². The van der Waals surface area contributed by atoms with Crippen LogP contribution >= 0.6 is 0 Å². The second-order valence-electron chi connectivity index (χ2n) is 7.30. The molecule has 4 aromatic rings. The molecule has 7 nitrogen and oxygen atoms in total. The number of hydrogen-bond donors (Lipinski definition) is 2. The smallest absolute Gasteiger partial charge is 0.335 e. The number of H-pyrrole nitrogens is 1. The van der Waals surface area contributed by atoms with Gasteiger partial charge in [0.25, 0.3) is 0 Å². The van der Waals surface area contributed by atoms with Crippen LogP contribution in [0.25, 0.3) is 33.2 Å². The Balaban J connectivity index is 1.74. The molecular weight excluding hydrogens is 368 g/mol. The van der Waals surface area contributed by atoms with Crippen LogP contribution in [-0.2, 0) is 4.74 Å². The zero-order chi connectivity index (χ0) is 20.0. The summed E-state index contributed by atoms with van der Waals surface area (Å²) >= 11 is 0. The van der Waals surface area contributed by atoms with E-state index in [1.807, 2.05) is 24.4 Å². The van der Waals surface area contributed by atoms with Gasteiger partial charge in [0.15, 0.2) is 5.82 Å². The SMILES string of the molecule is CC1COCCN1c1nc2cc(C(=O)O)ccc2nc1-c1ccc2[nH]ccc2c1. The molecule has 2 aromatic heterocycles. The number of carbonyl (C=O) groups is 1. The Morgan fingerprint density at radius 2 is 2.07 bits per heavy atom. The molecule has 3 heterocycles. The van der Waals surface area contributed by atoms with Crippen molar-refractivity contribution in [2.24, 2.45) is 0 Å². The molecule has 0 spiro atoms. The maximum absolute atomic E-state index is 11.4. The van der Waals surface area contributed by atoms with Crippen LogP contribution in [0.3, 0.4) is 0 Å². The van der Waals surface area contributed by atoms with Crippen LogP contribution in [0.15, 0.2) is 48.7 Å². The van der Waals surface area contributed by atoms with E-state index in [1.165, 1.54) is 0 Å². The number of aromatic amines is 1. The predicted molar refractivity (Wildman–Crippen MR) is 111 cm³/mol. The van der Waals surface area contributed by atoms with Gasteiger partial charge >= 0.3 is 5.97 Å². The number of hydrogen-bond acceptors (Lipinski definition) is 5. The van der Waals surface area contributed by atoms with Crippen molar-refractivity contribution in [2.45, 2.75) is 13.0 Å². The number of fused-ring (bicyclic) bond motifs is 2. The average Bonchev–Trinajstić information content (AvgIpc) is 3.20. The molecule has 146 valence electrons. The summed E-state index contributed by atoms with van der Waals surface area (Å²) in [5, 5.41) is 10.4. The molecule has 5 rings (SSSR count). The fraction of sp³-hybridized carbons (Fsp3) is 0.227. The van der Waals surface area contributed by atoms with Gasteiger partial charge in [-0.05, 0) is 43.3 Å². The van der Waals surface area contributed by atoms with Crippen molar-refractivity contribution in [1.29, 1.82) is 0 Å². The lowest BCUT2D eigenvalue weighted by Crippen LogP contribution is -2.44. The van der Waals surface area contributed by atoms with E-state index in [4.69, 9.17) is 14.7 Å². The summed E-state index contributed by atoms with van der Waals surface area (Å²) in [5.74, 6) is -0.220. The normalized spacial score (nSPS) is 17.1. The standard InChI is InChI=1S/C22H20N4O3/c1-13-12-29-9-8-26(13)21-20(15-2-4-17-14(10-15)6-7-23-17)24-18-5-3-16(22(27)28)11-19(18)25-21/h2-7,10-11,13,23H,8-9,12H2,1H3,(H,27,28). The summed E-state index contributed by atoms with van der Waals surface area (Å²) in [7, 11) is 0. The number of anilines is 1. The Labute approximate surface area is 167 Å². The molecule has 1 fully saturated rings. The summed E-state index contributed by atoms with van der Waals surface area (Å²) in [6.45, 7) is 4.04. The summed E-state index contributed by atoms with van der Waals surface area (Å²) < 4.78 is 5.59. The molecular formula is C22H20N4O3. The van der Waals surface area contributed by atoms with Crippen LogP contribution in [0, 0.1) is 0 Å². The Hall–Kier alpha value is -3.45. The zero-order valence-corrected chi connectivity index (χ0v) is 15.9. The van der Waals surface area contributed by atoms with Crippen molar-refractivity contribution < 1.29 is 14.6 Å². The van der Waals surface area contributed by atoms with Crippen LogP contribution in [-0.4, -0.2) is 51.8 Å². The first-order valence-corrected chi connectivity index (χ1v) is 9.57. The number of nitrogens with one attached hydrogen (secondary N) is 1. The number of carboxylic acid groups (broad SMARTS) is 1. The second kappa shape index (κ2) is 6.86. The molecule has 0 radical (unpaired) electrons. The van der Waals surface area contributed by atoms with Crippen molar-refractivity contribution in [3.63, 3.8) is 0 Å². The summed E-state index contributed by atoms with van der Waals surface area (Å²) in [5.41, 5.74) is 4.28. The monoisotopic (exact) mass is 388 g/mol. The van der Waals surface area contributed by atoms with Gasteiger partial charge in [-0.3, -0.25) is 0 Å². The van der Waals surface area contributed by atoms with Gasteiger partial charge in [-0.25, -0.2) is 14.8 Å². The molecule has 0 bridgehead atoms. The second-order valence-corrected chi connectivity index (χ2v) is 7.30. The van der Waals surface area contributed by atoms with E-state index in [-0.39, 0.29) is 11.6 Å². The van der Waals surface area contributed by atoms with Crippen molar-refractivity contribution >= 4 is 33.7 Å². The zero-order valence-electron chi connectivity index (χ0n) is 15.9. The number of morpholine rings is 1. The first-order valence-electron chi connectivity index (χ1n) is 9.57. The van der Waals surface area contributed by atoms with Crippen LogP contribution in [0.4, 0.5) is 5.82 Å². The quantitative estimate of drug-likeness (QED) is 0.556. The minimum atomic E-state index is -0.975. The van der Waals surface area contributed by atoms with Gasteiger partial charge < -0.3 is 19.7 Å². The van der Waals surface area contributed by atoms with Crippen molar-refractivity contribution in [3.05, 3.63) is 54.2 Å². The van der Waals surface area contributed by atoms with Crippen molar-refractivity contribution in [1.82, 2.24) is 15.0 Å². The lowest BCUT2D eigenvalue weighted by atomic mass is 10.1. The summed E-state index contributed by atoms with van der Waals surface area (Å²) in [6.07, 6.45) is 1.92. The molecule has 29 heavy (non-hydrogen) atoms. The molecule has 1 aliphatic rings. The summed E-state index contributed by atoms with van der Waals surface area (Å²) in [4.78, 5) is 26.6. The van der Waals surface area contributed by atoms with Gasteiger partial charge in [0.2, 0.25) is 0 Å². The van der Waals surface area contributed by atoms with Gasteiger partial charge in [-0.1, -0.05) is 6.07 Å². The maximum atomic E-state index is 11.4. The lowest BCUT2D eigenvalue weighted by Gasteiger charge is -2.35. The van der Waals surface area contributed by atoms with Crippen molar-refractivity contribution in [2.75, 3.05) is 24.7 Å². The molecule has 0 amide bonds. The molecule has 2 N–H and O–H groups in total. The molecule has 7 heteroatoms. The van der Waals surface area contributed by atoms with E-state index in [0.717, 1.165) is 28.0 Å². The van der Waals surface area contributed by atoms with Gasteiger partial charge in [-0.2, -0.15) is 0 Å². The lowest BCUT2D eigenvalue weighted by molar-refractivity contribution is 0.0697. The molecule has 0 aliphatic carbocycles. The number of ether oxygens (including phenoxy) is 1. The molecule has 1 atom stereocenters. The number of rotatable bonds is 3.